The summed E-state index contributed by atoms with van der Waals surface area (Å²) >= 11 is 5.81. The van der Waals surface area contributed by atoms with E-state index in [1.165, 1.54) is 10.4 Å². The highest BCUT2D eigenvalue weighted by atomic mass is 35.5. The minimum atomic E-state index is -3.46. The van der Waals surface area contributed by atoms with E-state index in [0.717, 1.165) is 0 Å². The average molecular weight is 311 g/mol. The van der Waals surface area contributed by atoms with Crippen molar-refractivity contribution in [3.63, 3.8) is 0 Å². The SMILES string of the molecule is CC1CN(S(=O)(=O)c2cccc(Cl)c2)CC1N.Cl. The van der Waals surface area contributed by atoms with Crippen LogP contribution in [0.1, 0.15) is 6.92 Å². The number of hydrogen-bond acceptors (Lipinski definition) is 3. The van der Waals surface area contributed by atoms with Crippen LogP contribution in [0, 0.1) is 5.92 Å². The first kappa shape index (κ1) is 15.7. The maximum absolute atomic E-state index is 12.3. The van der Waals surface area contributed by atoms with Crippen molar-refractivity contribution in [2.24, 2.45) is 11.7 Å². The number of benzene rings is 1. The molecule has 1 aliphatic heterocycles. The standard InChI is InChI=1S/C11H15ClN2O2S.ClH/c1-8-6-14(7-11(8)13)17(15,16)10-4-2-3-9(12)5-10;/h2-5,8,11H,6-7,13H2,1H3;1H. The summed E-state index contributed by atoms with van der Waals surface area (Å²) in [5.74, 6) is 0.184. The minimum Gasteiger partial charge on any atom is -0.326 e. The summed E-state index contributed by atoms with van der Waals surface area (Å²) in [5.41, 5.74) is 5.84. The van der Waals surface area contributed by atoms with Gasteiger partial charge in [0, 0.05) is 24.2 Å². The highest BCUT2D eigenvalue weighted by Gasteiger charge is 2.35. The lowest BCUT2D eigenvalue weighted by molar-refractivity contribution is 0.464. The third kappa shape index (κ3) is 2.97. The van der Waals surface area contributed by atoms with Gasteiger partial charge in [-0.1, -0.05) is 24.6 Å². The van der Waals surface area contributed by atoms with Gasteiger partial charge in [0.25, 0.3) is 0 Å². The zero-order valence-corrected chi connectivity index (χ0v) is 12.3. The van der Waals surface area contributed by atoms with Crippen LogP contribution in [0.15, 0.2) is 29.2 Å². The van der Waals surface area contributed by atoms with Crippen LogP contribution in [-0.2, 0) is 10.0 Å². The smallest absolute Gasteiger partial charge is 0.243 e. The Morgan fingerprint density at radius 1 is 1.39 bits per heavy atom. The Morgan fingerprint density at radius 2 is 2.06 bits per heavy atom. The highest BCUT2D eigenvalue weighted by Crippen LogP contribution is 2.24. The van der Waals surface area contributed by atoms with Gasteiger partial charge in [-0.2, -0.15) is 4.31 Å². The molecule has 102 valence electrons. The molecule has 2 N–H and O–H groups in total. The molecule has 0 aliphatic carbocycles. The number of nitrogens with two attached hydrogens (primary N) is 1. The molecule has 1 fully saturated rings. The van der Waals surface area contributed by atoms with Crippen LogP contribution in [0.25, 0.3) is 0 Å². The maximum atomic E-state index is 12.3. The fourth-order valence-corrected chi connectivity index (χ4v) is 3.80. The summed E-state index contributed by atoms with van der Waals surface area (Å²) in [5, 5.41) is 0.419. The topological polar surface area (TPSA) is 63.4 Å². The van der Waals surface area contributed by atoms with Crippen molar-refractivity contribution in [1.82, 2.24) is 4.31 Å². The second kappa shape index (κ2) is 5.75. The van der Waals surface area contributed by atoms with Gasteiger partial charge in [0.15, 0.2) is 0 Å². The van der Waals surface area contributed by atoms with E-state index in [-0.39, 0.29) is 29.3 Å². The lowest BCUT2D eigenvalue weighted by atomic mass is 10.1. The molecule has 0 amide bonds. The van der Waals surface area contributed by atoms with E-state index in [0.29, 0.717) is 18.1 Å². The van der Waals surface area contributed by atoms with Gasteiger partial charge in [0.1, 0.15) is 0 Å². The molecule has 2 atom stereocenters. The Kier molecular flexibility index (Phi) is 5.03. The quantitative estimate of drug-likeness (QED) is 0.905. The molecule has 1 saturated heterocycles. The second-order valence-electron chi connectivity index (χ2n) is 4.42. The molecule has 0 spiro atoms. The summed E-state index contributed by atoms with van der Waals surface area (Å²) in [4.78, 5) is 0.228. The molecule has 4 nitrogen and oxygen atoms in total. The predicted molar refractivity (Wildman–Crippen MR) is 74.6 cm³/mol. The number of sulfonamides is 1. The van der Waals surface area contributed by atoms with E-state index in [1.54, 1.807) is 18.2 Å². The minimum absolute atomic E-state index is 0. The fourth-order valence-electron chi connectivity index (χ4n) is 1.92. The average Bonchev–Trinajstić information content (AvgIpc) is 2.60. The van der Waals surface area contributed by atoms with Gasteiger partial charge in [-0.15, -0.1) is 12.4 Å². The first-order chi connectivity index (χ1) is 7.91. The first-order valence-corrected chi connectivity index (χ1v) is 7.24. The van der Waals surface area contributed by atoms with Crippen molar-refractivity contribution in [2.75, 3.05) is 13.1 Å². The molecule has 1 heterocycles. The first-order valence-electron chi connectivity index (χ1n) is 5.42. The van der Waals surface area contributed by atoms with Crippen LogP contribution in [0.4, 0.5) is 0 Å². The number of rotatable bonds is 2. The van der Waals surface area contributed by atoms with Crippen LogP contribution in [0.5, 0.6) is 0 Å². The predicted octanol–water partition coefficient (Wildman–Crippen LogP) is 1.73. The van der Waals surface area contributed by atoms with Gasteiger partial charge in [-0.3, -0.25) is 0 Å². The second-order valence-corrected chi connectivity index (χ2v) is 6.79. The molecule has 2 unspecified atom stereocenters. The van der Waals surface area contributed by atoms with Crippen LogP contribution < -0.4 is 5.73 Å². The summed E-state index contributed by atoms with van der Waals surface area (Å²) in [6.07, 6.45) is 0. The zero-order valence-electron chi connectivity index (χ0n) is 9.91. The molecule has 18 heavy (non-hydrogen) atoms. The molecular formula is C11H16Cl2N2O2S. The van der Waals surface area contributed by atoms with E-state index in [1.807, 2.05) is 6.92 Å². The molecule has 1 aliphatic rings. The summed E-state index contributed by atoms with van der Waals surface area (Å²) in [6.45, 7) is 2.80. The van der Waals surface area contributed by atoms with Gasteiger partial charge >= 0.3 is 0 Å². The zero-order chi connectivity index (χ0) is 12.6. The van der Waals surface area contributed by atoms with E-state index < -0.39 is 10.0 Å². The fraction of sp³-hybridized carbons (Fsp3) is 0.455. The number of hydrogen-bond donors (Lipinski definition) is 1. The summed E-state index contributed by atoms with van der Waals surface area (Å²) < 4.78 is 26.0. The lowest BCUT2D eigenvalue weighted by Gasteiger charge is -2.16. The van der Waals surface area contributed by atoms with Gasteiger partial charge in [-0.05, 0) is 24.1 Å². The van der Waals surface area contributed by atoms with Crippen LogP contribution in [0.2, 0.25) is 5.02 Å². The Labute approximate surface area is 119 Å². The molecule has 1 aromatic carbocycles. The summed E-state index contributed by atoms with van der Waals surface area (Å²) in [6, 6.07) is 6.21. The molecule has 0 radical (unpaired) electrons. The normalized spacial score (nSPS) is 24.8. The molecule has 2 rings (SSSR count). The van der Waals surface area contributed by atoms with Gasteiger partial charge in [0.05, 0.1) is 4.90 Å². The lowest BCUT2D eigenvalue weighted by Crippen LogP contribution is -2.32. The third-order valence-corrected chi connectivity index (χ3v) is 5.13. The van der Waals surface area contributed by atoms with Gasteiger partial charge < -0.3 is 5.73 Å². The third-order valence-electron chi connectivity index (χ3n) is 3.07. The van der Waals surface area contributed by atoms with E-state index >= 15 is 0 Å². The van der Waals surface area contributed by atoms with Crippen LogP contribution in [-0.4, -0.2) is 31.9 Å². The number of nitrogens with zero attached hydrogens (tertiary/aromatic N) is 1. The molecule has 0 saturated carbocycles. The Balaban J connectivity index is 0.00000162. The molecular weight excluding hydrogens is 295 g/mol. The Bertz CT molecular complexity index is 512. The van der Waals surface area contributed by atoms with Crippen molar-refractivity contribution >= 4 is 34.0 Å². The molecule has 0 bridgehead atoms. The monoisotopic (exact) mass is 310 g/mol. The van der Waals surface area contributed by atoms with Crippen molar-refractivity contribution in [3.05, 3.63) is 29.3 Å². The van der Waals surface area contributed by atoms with Crippen molar-refractivity contribution < 1.29 is 8.42 Å². The van der Waals surface area contributed by atoms with E-state index in [2.05, 4.69) is 0 Å². The van der Waals surface area contributed by atoms with Crippen LogP contribution in [0.3, 0.4) is 0 Å². The summed E-state index contributed by atoms with van der Waals surface area (Å²) in [7, 11) is -3.46. The van der Waals surface area contributed by atoms with Crippen LogP contribution >= 0.6 is 24.0 Å². The largest absolute Gasteiger partial charge is 0.326 e. The Morgan fingerprint density at radius 3 is 2.56 bits per heavy atom. The molecule has 0 aromatic heterocycles. The highest BCUT2D eigenvalue weighted by molar-refractivity contribution is 7.89. The van der Waals surface area contributed by atoms with Gasteiger partial charge in [0.2, 0.25) is 10.0 Å². The maximum Gasteiger partial charge on any atom is 0.243 e. The van der Waals surface area contributed by atoms with Crippen molar-refractivity contribution in [3.8, 4) is 0 Å². The van der Waals surface area contributed by atoms with Crippen molar-refractivity contribution in [1.29, 1.82) is 0 Å². The molecule has 1 aromatic rings. The van der Waals surface area contributed by atoms with Gasteiger partial charge in [-0.25, -0.2) is 8.42 Å². The van der Waals surface area contributed by atoms with E-state index in [4.69, 9.17) is 17.3 Å². The van der Waals surface area contributed by atoms with E-state index in [9.17, 15) is 8.42 Å². The van der Waals surface area contributed by atoms with Crippen molar-refractivity contribution in [2.45, 2.75) is 17.9 Å². The number of halogens is 2. The Hall–Kier alpha value is -0.330. The molecule has 7 heteroatoms.